The Morgan fingerprint density at radius 3 is 2.67 bits per heavy atom. The molecule has 138 valence electrons. The lowest BCUT2D eigenvalue weighted by Crippen LogP contribution is -2.31. The third-order valence-corrected chi connectivity index (χ3v) is 4.42. The van der Waals surface area contributed by atoms with Gasteiger partial charge in [0.15, 0.2) is 0 Å². The van der Waals surface area contributed by atoms with Gasteiger partial charge < -0.3 is 14.4 Å². The normalized spacial score (nSPS) is 16.3. The van der Waals surface area contributed by atoms with Crippen molar-refractivity contribution in [2.75, 3.05) is 20.2 Å². The molecule has 1 aliphatic heterocycles. The van der Waals surface area contributed by atoms with Gasteiger partial charge in [-0.1, -0.05) is 30.3 Å². The molecule has 8 heteroatoms. The van der Waals surface area contributed by atoms with Crippen molar-refractivity contribution in [2.45, 2.75) is 12.5 Å². The van der Waals surface area contributed by atoms with Gasteiger partial charge in [0.2, 0.25) is 11.8 Å². The number of nitrogens with one attached hydrogen (secondary N) is 1. The molecule has 0 saturated carbocycles. The van der Waals surface area contributed by atoms with Crippen LogP contribution < -0.4 is 9.47 Å². The number of amides is 1. The Bertz CT molecular complexity index is 911. The van der Waals surface area contributed by atoms with Gasteiger partial charge >= 0.3 is 0 Å². The number of carbonyl (C=O) groups excluding carboxylic acids is 1. The largest absolute Gasteiger partial charge is 0.480 e. The van der Waals surface area contributed by atoms with Crippen LogP contribution in [0.2, 0.25) is 0 Å². The molecule has 1 unspecified atom stereocenters. The van der Waals surface area contributed by atoms with Crippen LogP contribution in [0.25, 0.3) is 11.3 Å². The number of hydrogen-bond donors (Lipinski definition) is 1. The van der Waals surface area contributed by atoms with E-state index < -0.39 is 0 Å². The Labute approximate surface area is 156 Å². The van der Waals surface area contributed by atoms with Crippen molar-refractivity contribution in [3.63, 3.8) is 0 Å². The van der Waals surface area contributed by atoms with Gasteiger partial charge in [0.1, 0.15) is 11.8 Å². The summed E-state index contributed by atoms with van der Waals surface area (Å²) in [7, 11) is 1.53. The SMILES string of the molecule is COc1ccc(OC2CCN(C(=O)c3cc(-c4ccccc4)n[nH]3)C2)nn1. The number of likely N-dealkylation sites (tertiary alicyclic amines) is 1. The molecule has 0 radical (unpaired) electrons. The Morgan fingerprint density at radius 2 is 1.93 bits per heavy atom. The summed E-state index contributed by atoms with van der Waals surface area (Å²) >= 11 is 0. The second-order valence-electron chi connectivity index (χ2n) is 6.23. The van der Waals surface area contributed by atoms with Crippen LogP contribution in [0.3, 0.4) is 0 Å². The fourth-order valence-electron chi connectivity index (χ4n) is 3.02. The number of benzene rings is 1. The quantitative estimate of drug-likeness (QED) is 0.745. The zero-order chi connectivity index (χ0) is 18.6. The van der Waals surface area contributed by atoms with Crippen molar-refractivity contribution in [1.29, 1.82) is 0 Å². The number of aromatic nitrogens is 4. The summed E-state index contributed by atoms with van der Waals surface area (Å²) in [6.07, 6.45) is 0.618. The summed E-state index contributed by atoms with van der Waals surface area (Å²) in [4.78, 5) is 14.5. The maximum absolute atomic E-state index is 12.7. The van der Waals surface area contributed by atoms with Gasteiger partial charge in [0.05, 0.1) is 19.3 Å². The van der Waals surface area contributed by atoms with E-state index >= 15 is 0 Å². The van der Waals surface area contributed by atoms with Crippen LogP contribution in [0, 0.1) is 0 Å². The van der Waals surface area contributed by atoms with E-state index in [1.54, 1.807) is 23.1 Å². The van der Waals surface area contributed by atoms with E-state index in [1.807, 2.05) is 30.3 Å². The van der Waals surface area contributed by atoms with Gasteiger partial charge in [-0.05, 0) is 6.07 Å². The standard InChI is InChI=1S/C19H19N5O3/c1-26-17-7-8-18(23-22-17)27-14-9-10-24(12-14)19(25)16-11-15(20-21-16)13-5-3-2-4-6-13/h2-8,11,14H,9-10,12H2,1H3,(H,20,21). The average molecular weight is 365 g/mol. The van der Waals surface area contributed by atoms with Gasteiger partial charge in [-0.25, -0.2) is 0 Å². The van der Waals surface area contributed by atoms with E-state index in [2.05, 4.69) is 20.4 Å². The predicted octanol–water partition coefficient (Wildman–Crippen LogP) is 2.17. The second kappa shape index (κ2) is 7.45. The van der Waals surface area contributed by atoms with E-state index in [4.69, 9.17) is 9.47 Å². The zero-order valence-electron chi connectivity index (χ0n) is 14.8. The van der Waals surface area contributed by atoms with Gasteiger partial charge in [-0.15, -0.1) is 10.2 Å². The lowest BCUT2D eigenvalue weighted by Gasteiger charge is -2.15. The zero-order valence-corrected chi connectivity index (χ0v) is 14.8. The van der Waals surface area contributed by atoms with Crippen molar-refractivity contribution >= 4 is 5.91 Å². The van der Waals surface area contributed by atoms with Crippen molar-refractivity contribution in [3.8, 4) is 23.0 Å². The van der Waals surface area contributed by atoms with E-state index in [0.717, 1.165) is 17.7 Å². The Hall–Kier alpha value is -3.42. The summed E-state index contributed by atoms with van der Waals surface area (Å²) in [6, 6.07) is 14.9. The third kappa shape index (κ3) is 3.74. The molecule has 1 fully saturated rings. The molecule has 3 aromatic rings. The third-order valence-electron chi connectivity index (χ3n) is 4.42. The topological polar surface area (TPSA) is 93.2 Å². The molecule has 3 heterocycles. The van der Waals surface area contributed by atoms with Crippen LogP contribution in [0.1, 0.15) is 16.9 Å². The van der Waals surface area contributed by atoms with Crippen LogP contribution in [0.4, 0.5) is 0 Å². The fraction of sp³-hybridized carbons (Fsp3) is 0.263. The Balaban J connectivity index is 1.38. The van der Waals surface area contributed by atoms with Crippen LogP contribution in [-0.2, 0) is 0 Å². The molecular weight excluding hydrogens is 346 g/mol. The van der Waals surface area contributed by atoms with Crippen LogP contribution in [0.15, 0.2) is 48.5 Å². The molecule has 1 saturated heterocycles. The molecular formula is C19H19N5O3. The monoisotopic (exact) mass is 365 g/mol. The highest BCUT2D eigenvalue weighted by Gasteiger charge is 2.29. The Morgan fingerprint density at radius 1 is 1.15 bits per heavy atom. The smallest absolute Gasteiger partial charge is 0.272 e. The van der Waals surface area contributed by atoms with Gasteiger partial charge in [-0.2, -0.15) is 5.10 Å². The molecule has 1 atom stereocenters. The van der Waals surface area contributed by atoms with Crippen molar-refractivity contribution in [1.82, 2.24) is 25.3 Å². The van der Waals surface area contributed by atoms with Crippen LogP contribution >= 0.6 is 0 Å². The molecule has 2 aromatic heterocycles. The minimum Gasteiger partial charge on any atom is -0.480 e. The van der Waals surface area contributed by atoms with Crippen LogP contribution in [0.5, 0.6) is 11.8 Å². The molecule has 0 aliphatic carbocycles. The molecule has 8 nitrogen and oxygen atoms in total. The first-order valence-electron chi connectivity index (χ1n) is 8.67. The highest BCUT2D eigenvalue weighted by Crippen LogP contribution is 2.21. The molecule has 1 N–H and O–H groups in total. The first-order chi connectivity index (χ1) is 13.2. The van der Waals surface area contributed by atoms with Gasteiger partial charge in [0.25, 0.3) is 5.91 Å². The van der Waals surface area contributed by atoms with Crippen molar-refractivity contribution < 1.29 is 14.3 Å². The van der Waals surface area contributed by atoms with Crippen LogP contribution in [-0.4, -0.2) is 57.5 Å². The molecule has 1 aliphatic rings. The van der Waals surface area contributed by atoms with E-state index in [-0.39, 0.29) is 12.0 Å². The number of rotatable bonds is 5. The molecule has 1 aromatic carbocycles. The first-order valence-corrected chi connectivity index (χ1v) is 8.67. The number of methoxy groups -OCH3 is 1. The summed E-state index contributed by atoms with van der Waals surface area (Å²) in [5.41, 5.74) is 2.19. The number of H-pyrrole nitrogens is 1. The van der Waals surface area contributed by atoms with E-state index in [1.165, 1.54) is 7.11 Å². The van der Waals surface area contributed by atoms with Gasteiger partial charge in [0, 0.05) is 30.7 Å². The van der Waals surface area contributed by atoms with Crippen molar-refractivity contribution in [3.05, 3.63) is 54.2 Å². The van der Waals surface area contributed by atoms with Crippen molar-refractivity contribution in [2.24, 2.45) is 0 Å². The molecule has 0 spiro atoms. The fourth-order valence-corrected chi connectivity index (χ4v) is 3.02. The maximum atomic E-state index is 12.7. The lowest BCUT2D eigenvalue weighted by molar-refractivity contribution is 0.0765. The highest BCUT2D eigenvalue weighted by molar-refractivity contribution is 5.93. The average Bonchev–Trinajstić information content (AvgIpc) is 3.39. The Kier molecular flexibility index (Phi) is 4.69. The van der Waals surface area contributed by atoms with E-state index in [0.29, 0.717) is 30.5 Å². The minimum absolute atomic E-state index is 0.0865. The summed E-state index contributed by atoms with van der Waals surface area (Å²) in [5.74, 6) is 0.763. The second-order valence-corrected chi connectivity index (χ2v) is 6.23. The highest BCUT2D eigenvalue weighted by atomic mass is 16.5. The number of hydrogen-bond acceptors (Lipinski definition) is 6. The summed E-state index contributed by atoms with van der Waals surface area (Å²) in [5, 5.41) is 14.9. The molecule has 4 rings (SSSR count). The molecule has 27 heavy (non-hydrogen) atoms. The summed E-state index contributed by atoms with van der Waals surface area (Å²) in [6.45, 7) is 1.11. The van der Waals surface area contributed by atoms with E-state index in [9.17, 15) is 4.79 Å². The number of ether oxygens (including phenoxy) is 2. The minimum atomic E-state index is -0.117. The summed E-state index contributed by atoms with van der Waals surface area (Å²) < 4.78 is 10.8. The lowest BCUT2D eigenvalue weighted by atomic mass is 10.1. The predicted molar refractivity (Wildman–Crippen MR) is 97.5 cm³/mol. The molecule has 0 bridgehead atoms. The number of nitrogens with zero attached hydrogens (tertiary/aromatic N) is 4. The number of carbonyl (C=O) groups is 1. The maximum Gasteiger partial charge on any atom is 0.272 e. The van der Waals surface area contributed by atoms with Gasteiger partial charge in [-0.3, -0.25) is 9.89 Å². The molecule has 1 amide bonds. The number of aromatic amines is 1. The first kappa shape index (κ1) is 17.0.